The fourth-order valence-corrected chi connectivity index (χ4v) is 10.9. The highest BCUT2D eigenvalue weighted by atomic mass is 15.1. The number of rotatable bonds is 4. The monoisotopic (exact) mass is 719 g/mol. The number of anilines is 3. The summed E-state index contributed by atoms with van der Waals surface area (Å²) in [5.74, 6) is 0. The normalized spacial score (nSPS) is 16.1. The Morgan fingerprint density at radius 1 is 0.375 bits per heavy atom. The molecule has 0 aromatic heterocycles. The summed E-state index contributed by atoms with van der Waals surface area (Å²) in [6.07, 6.45) is 2.32. The molecule has 56 heavy (non-hydrogen) atoms. The van der Waals surface area contributed by atoms with Gasteiger partial charge in [0, 0.05) is 16.6 Å². The van der Waals surface area contributed by atoms with E-state index in [0.717, 1.165) is 12.1 Å². The summed E-state index contributed by atoms with van der Waals surface area (Å²) in [5.41, 5.74) is 19.5. The van der Waals surface area contributed by atoms with Gasteiger partial charge in [-0.3, -0.25) is 0 Å². The lowest BCUT2D eigenvalue weighted by Gasteiger charge is -2.43. The van der Waals surface area contributed by atoms with Crippen molar-refractivity contribution in [3.05, 3.63) is 209 Å². The molecule has 0 bridgehead atoms. The number of hydrogen-bond donors (Lipinski definition) is 0. The summed E-state index contributed by atoms with van der Waals surface area (Å²) < 4.78 is 0. The SMILES string of the molecule is CC1(C)CCC(C)(C)c2c(-c3cc4c(cc3N(c3ccccc3)c3cccc5ccccc35)C3(c5ccccc5-c5ccccc53)c3ccccc3-4)cccc21. The maximum atomic E-state index is 2.60. The molecule has 0 N–H and O–H groups in total. The van der Waals surface area contributed by atoms with Gasteiger partial charge >= 0.3 is 0 Å². The summed E-state index contributed by atoms with van der Waals surface area (Å²) >= 11 is 0. The van der Waals surface area contributed by atoms with Crippen LogP contribution in [-0.4, -0.2) is 0 Å². The molecule has 11 rings (SSSR count). The smallest absolute Gasteiger partial charge is 0.0726 e. The van der Waals surface area contributed by atoms with Crippen molar-refractivity contribution >= 4 is 27.8 Å². The lowest BCUT2D eigenvalue weighted by atomic mass is 9.61. The number of hydrogen-bond acceptors (Lipinski definition) is 1. The largest absolute Gasteiger partial charge is 0.309 e. The van der Waals surface area contributed by atoms with Crippen molar-refractivity contribution in [3.63, 3.8) is 0 Å². The molecule has 0 fully saturated rings. The van der Waals surface area contributed by atoms with E-state index in [1.807, 2.05) is 0 Å². The van der Waals surface area contributed by atoms with Crippen molar-refractivity contribution in [1.82, 2.24) is 0 Å². The minimum absolute atomic E-state index is 0.0111. The Hall–Kier alpha value is -6.18. The molecule has 1 heteroatoms. The van der Waals surface area contributed by atoms with Crippen LogP contribution in [0.4, 0.5) is 17.1 Å². The second-order valence-corrected chi connectivity index (χ2v) is 17.5. The highest BCUT2D eigenvalue weighted by Crippen LogP contribution is 2.64. The van der Waals surface area contributed by atoms with Gasteiger partial charge in [-0.1, -0.05) is 173 Å². The van der Waals surface area contributed by atoms with E-state index >= 15 is 0 Å². The van der Waals surface area contributed by atoms with Crippen LogP contribution in [0.5, 0.6) is 0 Å². The molecular formula is C55H45N. The van der Waals surface area contributed by atoms with Gasteiger partial charge in [-0.25, -0.2) is 0 Å². The van der Waals surface area contributed by atoms with E-state index in [4.69, 9.17) is 0 Å². The first-order valence-electron chi connectivity index (χ1n) is 20.2. The van der Waals surface area contributed by atoms with Crippen molar-refractivity contribution < 1.29 is 0 Å². The van der Waals surface area contributed by atoms with Gasteiger partial charge in [0.2, 0.25) is 0 Å². The van der Waals surface area contributed by atoms with Crippen LogP contribution in [0.25, 0.3) is 44.2 Å². The summed E-state index contributed by atoms with van der Waals surface area (Å²) in [4.78, 5) is 2.56. The number of fused-ring (bicyclic) bond motifs is 12. The van der Waals surface area contributed by atoms with E-state index in [1.54, 1.807) is 0 Å². The molecule has 270 valence electrons. The molecule has 0 saturated heterocycles. The lowest BCUT2D eigenvalue weighted by Crippen LogP contribution is -2.34. The average Bonchev–Trinajstić information content (AvgIpc) is 3.70. The quantitative estimate of drug-likeness (QED) is 0.175. The molecule has 0 unspecified atom stereocenters. The Labute approximate surface area is 330 Å². The van der Waals surface area contributed by atoms with E-state index in [0.29, 0.717) is 0 Å². The van der Waals surface area contributed by atoms with E-state index in [2.05, 4.69) is 209 Å². The van der Waals surface area contributed by atoms with Crippen molar-refractivity contribution in [2.75, 3.05) is 4.90 Å². The summed E-state index contributed by atoms with van der Waals surface area (Å²) in [5, 5.41) is 2.47. The summed E-state index contributed by atoms with van der Waals surface area (Å²) in [7, 11) is 0. The van der Waals surface area contributed by atoms with Crippen LogP contribution in [0.3, 0.4) is 0 Å². The first-order chi connectivity index (χ1) is 27.3. The van der Waals surface area contributed by atoms with Gasteiger partial charge in [0.05, 0.1) is 16.8 Å². The maximum absolute atomic E-state index is 2.60. The molecule has 0 saturated carbocycles. The second-order valence-electron chi connectivity index (χ2n) is 17.5. The van der Waals surface area contributed by atoms with Crippen molar-refractivity contribution in [3.8, 4) is 33.4 Å². The maximum Gasteiger partial charge on any atom is 0.0726 e. The van der Waals surface area contributed by atoms with Gasteiger partial charge < -0.3 is 4.90 Å². The molecule has 8 aromatic rings. The van der Waals surface area contributed by atoms with Gasteiger partial charge in [0.25, 0.3) is 0 Å². The number of nitrogens with zero attached hydrogens (tertiary/aromatic N) is 1. The molecule has 0 atom stereocenters. The Morgan fingerprint density at radius 3 is 1.59 bits per heavy atom. The van der Waals surface area contributed by atoms with Gasteiger partial charge in [-0.15, -0.1) is 0 Å². The minimum Gasteiger partial charge on any atom is -0.309 e. The predicted octanol–water partition coefficient (Wildman–Crippen LogP) is 14.7. The summed E-state index contributed by atoms with van der Waals surface area (Å²) in [6, 6.07) is 66.5. The fraction of sp³-hybridized carbons (Fsp3) is 0.164. The molecular weight excluding hydrogens is 675 g/mol. The molecule has 1 nitrogen and oxygen atoms in total. The number of benzene rings is 8. The standard InChI is InChI=1S/C55H45N/c1-53(2)32-33-54(3,4)52-42(26-17-30-48(52)53)44-34-43-41-25-12-15-29-47(41)55(45-27-13-10-23-39(45)40-24-11-14-28-46(40)55)49(43)35-51(44)56(37-20-6-5-7-21-37)50-31-16-19-36-18-8-9-22-38(36)50/h5-31,34-35H,32-33H2,1-4H3. The zero-order chi connectivity index (χ0) is 37.8. The topological polar surface area (TPSA) is 3.24 Å². The molecule has 1 spiro atoms. The van der Waals surface area contributed by atoms with Crippen LogP contribution in [0, 0.1) is 0 Å². The molecule has 3 aliphatic rings. The third kappa shape index (κ3) is 4.49. The van der Waals surface area contributed by atoms with Gasteiger partial charge in [-0.05, 0) is 121 Å². The zero-order valence-corrected chi connectivity index (χ0v) is 32.6. The third-order valence-electron chi connectivity index (χ3n) is 13.5. The van der Waals surface area contributed by atoms with Crippen LogP contribution in [0.2, 0.25) is 0 Å². The van der Waals surface area contributed by atoms with Crippen LogP contribution in [0.15, 0.2) is 176 Å². The van der Waals surface area contributed by atoms with E-state index in [9.17, 15) is 0 Å². The highest BCUT2D eigenvalue weighted by molar-refractivity contribution is 6.04. The van der Waals surface area contributed by atoms with E-state index in [-0.39, 0.29) is 10.8 Å². The second kappa shape index (κ2) is 11.9. The Bertz CT molecular complexity index is 2820. The lowest BCUT2D eigenvalue weighted by molar-refractivity contribution is 0.333. The van der Waals surface area contributed by atoms with Crippen molar-refractivity contribution in [2.24, 2.45) is 0 Å². The molecule has 0 heterocycles. The fourth-order valence-electron chi connectivity index (χ4n) is 10.9. The molecule has 0 amide bonds. The number of para-hydroxylation sites is 1. The highest BCUT2D eigenvalue weighted by Gasteiger charge is 2.52. The van der Waals surface area contributed by atoms with Crippen LogP contribution in [-0.2, 0) is 16.2 Å². The molecule has 8 aromatic carbocycles. The first kappa shape index (κ1) is 33.2. The first-order valence-corrected chi connectivity index (χ1v) is 20.2. The Morgan fingerprint density at radius 2 is 0.893 bits per heavy atom. The summed E-state index contributed by atoms with van der Waals surface area (Å²) in [6.45, 7) is 9.81. The molecule has 3 aliphatic carbocycles. The van der Waals surface area contributed by atoms with Gasteiger partial charge in [0.15, 0.2) is 0 Å². The van der Waals surface area contributed by atoms with Crippen LogP contribution < -0.4 is 4.90 Å². The Kier molecular flexibility index (Phi) is 7.06. The predicted molar refractivity (Wildman–Crippen MR) is 236 cm³/mol. The van der Waals surface area contributed by atoms with E-state index < -0.39 is 5.41 Å². The average molecular weight is 720 g/mol. The Balaban J connectivity index is 1.32. The van der Waals surface area contributed by atoms with Gasteiger partial charge in [0.1, 0.15) is 0 Å². The third-order valence-corrected chi connectivity index (χ3v) is 13.5. The van der Waals surface area contributed by atoms with Crippen molar-refractivity contribution in [1.29, 1.82) is 0 Å². The molecule has 0 radical (unpaired) electrons. The van der Waals surface area contributed by atoms with Gasteiger partial charge in [-0.2, -0.15) is 0 Å². The zero-order valence-electron chi connectivity index (χ0n) is 32.6. The van der Waals surface area contributed by atoms with Crippen molar-refractivity contribution in [2.45, 2.75) is 56.8 Å². The van der Waals surface area contributed by atoms with Crippen LogP contribution in [0.1, 0.15) is 73.9 Å². The van der Waals surface area contributed by atoms with Crippen LogP contribution >= 0.6 is 0 Å². The minimum atomic E-state index is -0.453. The van der Waals surface area contributed by atoms with E-state index in [1.165, 1.54) is 95.3 Å². The molecule has 0 aliphatic heterocycles.